The number of phosphoric ester groups is 1. The van der Waals surface area contributed by atoms with Crippen molar-refractivity contribution in [3.63, 3.8) is 0 Å². The number of aromatic nitrogens is 6. The second-order valence-electron chi connectivity index (χ2n) is 15.5. The minimum atomic E-state index is -4.71. The maximum Gasteiger partial charge on any atom is 0.511 e. The Kier molecular flexibility index (Phi) is 14.4. The molecular weight excluding hydrogens is 865 g/mol. The van der Waals surface area contributed by atoms with Crippen LogP contribution in [0.1, 0.15) is 38.1 Å². The van der Waals surface area contributed by atoms with E-state index in [9.17, 15) is 28.8 Å². The molecule has 0 amide bonds. The number of carbonyl (C=O) groups excluding carboxylic acids is 1. The third-order valence-electron chi connectivity index (χ3n) is 11.1. The lowest BCUT2D eigenvalue weighted by Gasteiger charge is -2.37. The first-order chi connectivity index (χ1) is 30.6. The molecule has 1 unspecified atom stereocenters. The highest BCUT2D eigenvalue weighted by Crippen LogP contribution is 2.42. The van der Waals surface area contributed by atoms with Gasteiger partial charge in [-0.25, -0.2) is 32.2 Å². The summed E-state index contributed by atoms with van der Waals surface area (Å²) in [7, 11) is -4.71. The van der Waals surface area contributed by atoms with Crippen molar-refractivity contribution in [3.05, 3.63) is 113 Å². The van der Waals surface area contributed by atoms with Crippen LogP contribution in [-0.2, 0) is 35.4 Å². The van der Waals surface area contributed by atoms with E-state index in [2.05, 4.69) is 24.5 Å². The van der Waals surface area contributed by atoms with Crippen molar-refractivity contribution in [2.45, 2.75) is 50.8 Å². The summed E-state index contributed by atoms with van der Waals surface area (Å²) < 4.78 is 72.3. The van der Waals surface area contributed by atoms with Gasteiger partial charge in [-0.3, -0.25) is 4.52 Å². The molecule has 0 bridgehead atoms. The largest absolute Gasteiger partial charge is 0.511 e. The number of halogens is 2. The minimum absolute atomic E-state index is 0.0228. The summed E-state index contributed by atoms with van der Waals surface area (Å²) in [6.07, 6.45) is 1.60. The Hall–Kier alpha value is -5.74. The molecule has 5 atom stereocenters. The highest BCUT2D eigenvalue weighted by molar-refractivity contribution is 7.46. The zero-order chi connectivity index (χ0) is 45.6. The van der Waals surface area contributed by atoms with Gasteiger partial charge in [-0.2, -0.15) is 9.67 Å². The molecule has 20 nitrogen and oxygen atoms in total. The van der Waals surface area contributed by atoms with Crippen LogP contribution in [0, 0.1) is 17.6 Å². The average molecular weight is 916 g/mol. The van der Waals surface area contributed by atoms with Crippen LogP contribution in [0.15, 0.2) is 90.5 Å². The predicted molar refractivity (Wildman–Crippen MR) is 222 cm³/mol. The molecular formula is C41H50F2N8O12P+. The van der Waals surface area contributed by atoms with Gasteiger partial charge in [0.2, 0.25) is 12.6 Å². The highest BCUT2D eigenvalue weighted by Gasteiger charge is 2.46. The van der Waals surface area contributed by atoms with Crippen LogP contribution in [0.4, 0.5) is 25.0 Å². The Labute approximate surface area is 365 Å². The normalized spacial score (nSPS) is 19.3. The smallest absolute Gasteiger partial charge is 0.493 e. The van der Waals surface area contributed by atoms with Crippen LogP contribution >= 0.6 is 7.82 Å². The van der Waals surface area contributed by atoms with Gasteiger partial charge in [0.15, 0.2) is 0 Å². The standard InChI is InChI=1S/C41H49F2N8O12P/c1-28(53)38(21-52)51-39(54)50(26-45-51)34-6-4-32(5-7-34)46-13-15-47(16-14-46)33-8-10-35(11-9-33)60-22-30-20-41(61-23-30,36-12-3-31(42)19-37(36)43)24-49-27-48(25-44-49)29(2)63-40(55)59-17-18-62-64(56,57)58/h3-12,19,25-30,38,52-53H,13-18,20-24H2,1-2H3,(H-,56,57,58)/p+1/t28-,29?,30+,38-,41-/m0/s1. The third-order valence-corrected chi connectivity index (χ3v) is 11.6. The lowest BCUT2D eigenvalue weighted by Crippen LogP contribution is -2.46. The fraction of sp³-hybridized carbons (Fsp3) is 0.439. The Morgan fingerprint density at radius 2 is 1.62 bits per heavy atom. The van der Waals surface area contributed by atoms with Gasteiger partial charge in [0.05, 0.1) is 38.2 Å². The summed E-state index contributed by atoms with van der Waals surface area (Å²) in [6.45, 7) is 5.19. The summed E-state index contributed by atoms with van der Waals surface area (Å²) in [4.78, 5) is 47.1. The van der Waals surface area contributed by atoms with Gasteiger partial charge in [-0.05, 0) is 67.9 Å². The van der Waals surface area contributed by atoms with Gasteiger partial charge in [0.25, 0.3) is 6.33 Å². The molecule has 7 rings (SSSR count). The lowest BCUT2D eigenvalue weighted by molar-refractivity contribution is -0.754. The zero-order valence-corrected chi connectivity index (χ0v) is 35.9. The summed E-state index contributed by atoms with van der Waals surface area (Å²) in [5, 5.41) is 28.0. The Morgan fingerprint density at radius 3 is 2.25 bits per heavy atom. The van der Waals surface area contributed by atoms with Crippen LogP contribution in [0.5, 0.6) is 5.75 Å². The number of benzene rings is 3. The van der Waals surface area contributed by atoms with E-state index >= 15 is 4.39 Å². The van der Waals surface area contributed by atoms with Crippen molar-refractivity contribution in [1.29, 1.82) is 0 Å². The molecule has 4 N–H and O–H groups in total. The van der Waals surface area contributed by atoms with E-state index in [4.69, 9.17) is 28.7 Å². The van der Waals surface area contributed by atoms with Crippen LogP contribution in [0.3, 0.4) is 0 Å². The number of piperazine rings is 1. The summed E-state index contributed by atoms with van der Waals surface area (Å²) in [5.74, 6) is -1.04. The molecule has 0 saturated carbocycles. The molecule has 2 aliphatic heterocycles. The Balaban J connectivity index is 0.914. The number of phosphoric acid groups is 1. The molecule has 2 fully saturated rings. The second-order valence-corrected chi connectivity index (χ2v) is 16.8. The van der Waals surface area contributed by atoms with E-state index in [1.165, 1.54) is 58.8 Å². The molecule has 0 radical (unpaired) electrons. The number of nitrogens with zero attached hydrogens (tertiary/aromatic N) is 8. The van der Waals surface area contributed by atoms with Crippen molar-refractivity contribution in [3.8, 4) is 11.4 Å². The fourth-order valence-electron chi connectivity index (χ4n) is 7.77. The van der Waals surface area contributed by atoms with Crippen LogP contribution in [0.2, 0.25) is 0 Å². The summed E-state index contributed by atoms with van der Waals surface area (Å²) >= 11 is 0. The molecule has 2 aliphatic rings. The third kappa shape index (κ3) is 11.1. The average Bonchev–Trinajstić information content (AvgIpc) is 4.01. The number of aliphatic hydroxyl groups excluding tert-OH is 2. The molecule has 2 aromatic heterocycles. The van der Waals surface area contributed by atoms with Gasteiger partial charge in [0.1, 0.15) is 48.5 Å². The fourth-order valence-corrected chi connectivity index (χ4v) is 8.08. The van der Waals surface area contributed by atoms with Crippen molar-refractivity contribution in [1.82, 2.24) is 24.1 Å². The molecule has 0 spiro atoms. The first-order valence-corrected chi connectivity index (χ1v) is 22.0. The van der Waals surface area contributed by atoms with Crippen LogP contribution < -0.4 is 24.8 Å². The van der Waals surface area contributed by atoms with E-state index in [0.717, 1.165) is 48.3 Å². The highest BCUT2D eigenvalue weighted by atomic mass is 31.2. The van der Waals surface area contributed by atoms with Gasteiger partial charge in [-0.1, -0.05) is 6.07 Å². The number of aliphatic hydroxyl groups is 2. The number of hydrogen-bond donors (Lipinski definition) is 4. The summed E-state index contributed by atoms with van der Waals surface area (Å²) in [6, 6.07) is 17.9. The van der Waals surface area contributed by atoms with Crippen LogP contribution in [0.25, 0.3) is 5.69 Å². The van der Waals surface area contributed by atoms with Gasteiger partial charge < -0.3 is 48.7 Å². The first-order valence-electron chi connectivity index (χ1n) is 20.5. The maximum absolute atomic E-state index is 15.4. The van der Waals surface area contributed by atoms with Crippen molar-refractivity contribution in [2.75, 3.05) is 69.0 Å². The van der Waals surface area contributed by atoms with E-state index in [-0.39, 0.29) is 31.2 Å². The molecule has 5 aromatic rings. The van der Waals surface area contributed by atoms with Crippen molar-refractivity contribution >= 4 is 25.4 Å². The number of hydrogen-bond acceptors (Lipinski definition) is 14. The lowest BCUT2D eigenvalue weighted by atomic mass is 9.87. The molecule has 3 aromatic carbocycles. The maximum atomic E-state index is 15.4. The van der Waals surface area contributed by atoms with E-state index in [0.29, 0.717) is 17.9 Å². The predicted octanol–water partition coefficient (Wildman–Crippen LogP) is 2.83. The molecule has 64 heavy (non-hydrogen) atoms. The minimum Gasteiger partial charge on any atom is -0.493 e. The van der Waals surface area contributed by atoms with E-state index in [1.54, 1.807) is 0 Å². The van der Waals surface area contributed by atoms with E-state index in [1.807, 2.05) is 48.5 Å². The molecule has 23 heteroatoms. The number of anilines is 2. The monoisotopic (exact) mass is 915 g/mol. The quantitative estimate of drug-likeness (QED) is 0.0429. The Bertz CT molecular complexity index is 2460. The van der Waals surface area contributed by atoms with Gasteiger partial charge in [-0.15, -0.1) is 4.68 Å². The Morgan fingerprint density at radius 1 is 0.969 bits per heavy atom. The van der Waals surface area contributed by atoms with Crippen molar-refractivity contribution in [2.24, 2.45) is 5.92 Å². The van der Waals surface area contributed by atoms with E-state index < -0.39 is 75.1 Å². The number of carbonyl (C=O) groups is 1. The van der Waals surface area contributed by atoms with Crippen molar-refractivity contribution < 1.29 is 66.2 Å². The number of rotatable bonds is 18. The molecule has 344 valence electrons. The summed E-state index contributed by atoms with van der Waals surface area (Å²) in [5.41, 5.74) is 1.10. The SMILES string of the molecule is CC(OC(=O)OCCOP(=O)(O)O)[n+]1cnn(C[C@]2(c3ccc(F)cc3F)C[C@H](COc3ccc(N4CCN(c5ccc(-n6cnn([C@@H](CO)[C@H](C)O)c6=O)cc5)CC4)cc3)CO2)c1. The van der Waals surface area contributed by atoms with Gasteiger partial charge >= 0.3 is 19.7 Å². The van der Waals surface area contributed by atoms with Gasteiger partial charge in [0, 0.05) is 67.1 Å². The van der Waals surface area contributed by atoms with Crippen LogP contribution in [-0.4, -0.2) is 116 Å². The molecule has 2 saturated heterocycles. The topological polar surface area (TPSA) is 229 Å². The second kappa shape index (κ2) is 20.0. The first kappa shape index (κ1) is 46.3. The molecule has 4 heterocycles. The molecule has 0 aliphatic carbocycles. The number of ether oxygens (including phenoxy) is 4. The zero-order valence-electron chi connectivity index (χ0n) is 35.0.